The molecule has 0 radical (unpaired) electrons. The van der Waals surface area contributed by atoms with Crippen LogP contribution in [0.15, 0.2) is 29.2 Å². The summed E-state index contributed by atoms with van der Waals surface area (Å²) >= 11 is 1.51. The Morgan fingerprint density at radius 2 is 2.10 bits per heavy atom. The van der Waals surface area contributed by atoms with Crippen molar-refractivity contribution in [3.63, 3.8) is 0 Å². The summed E-state index contributed by atoms with van der Waals surface area (Å²) in [5.41, 5.74) is 0.665. The molecule has 20 heavy (non-hydrogen) atoms. The van der Waals surface area contributed by atoms with Crippen molar-refractivity contribution in [2.24, 2.45) is 0 Å². The van der Waals surface area contributed by atoms with Gasteiger partial charge in [0.05, 0.1) is 12.3 Å². The third-order valence-corrected chi connectivity index (χ3v) is 3.32. The fourth-order valence-corrected chi connectivity index (χ4v) is 2.11. The number of methoxy groups -OCH3 is 1. The third-order valence-electron chi connectivity index (χ3n) is 2.53. The van der Waals surface area contributed by atoms with Gasteiger partial charge in [-0.2, -0.15) is 0 Å². The number of hydrogen-bond acceptors (Lipinski definition) is 4. The summed E-state index contributed by atoms with van der Waals surface area (Å²) in [4.78, 5) is 25.0. The zero-order chi connectivity index (χ0) is 15.0. The lowest BCUT2D eigenvalue weighted by Gasteiger charge is -2.21. The van der Waals surface area contributed by atoms with Crippen LogP contribution in [0.2, 0.25) is 0 Å². The highest BCUT2D eigenvalue weighted by atomic mass is 32.2. The maximum Gasteiger partial charge on any atom is 0.323 e. The number of thioether (sulfide) groups is 1. The molecule has 0 atom stereocenters. The van der Waals surface area contributed by atoms with Gasteiger partial charge in [-0.3, -0.25) is 4.79 Å². The molecule has 2 N–H and O–H groups in total. The van der Waals surface area contributed by atoms with Gasteiger partial charge in [-0.05, 0) is 18.4 Å². The summed E-state index contributed by atoms with van der Waals surface area (Å²) in [5.74, 6) is -1.06. The molecule has 1 rings (SSSR count). The van der Waals surface area contributed by atoms with Gasteiger partial charge in [0.1, 0.15) is 6.54 Å². The maximum atomic E-state index is 12.1. The Morgan fingerprint density at radius 1 is 1.40 bits per heavy atom. The highest BCUT2D eigenvalue weighted by Crippen LogP contribution is 2.24. The van der Waals surface area contributed by atoms with Gasteiger partial charge in [0, 0.05) is 18.6 Å². The lowest BCUT2D eigenvalue weighted by molar-refractivity contribution is -0.137. The van der Waals surface area contributed by atoms with Crippen LogP contribution in [0.3, 0.4) is 0 Å². The average molecular weight is 298 g/mol. The summed E-state index contributed by atoms with van der Waals surface area (Å²) < 4.78 is 4.88. The van der Waals surface area contributed by atoms with Crippen molar-refractivity contribution in [2.75, 3.05) is 38.4 Å². The number of ether oxygens (including phenoxy) is 1. The van der Waals surface area contributed by atoms with E-state index in [0.717, 1.165) is 4.90 Å². The quantitative estimate of drug-likeness (QED) is 0.752. The van der Waals surface area contributed by atoms with E-state index in [0.29, 0.717) is 5.69 Å². The van der Waals surface area contributed by atoms with E-state index in [2.05, 4.69) is 5.32 Å². The van der Waals surface area contributed by atoms with Crippen LogP contribution >= 0.6 is 11.8 Å². The van der Waals surface area contributed by atoms with Crippen LogP contribution in [0.25, 0.3) is 0 Å². The molecule has 2 amide bonds. The number of hydrogen-bond donors (Lipinski definition) is 2. The first kappa shape index (κ1) is 16.3. The largest absolute Gasteiger partial charge is 0.480 e. The number of carbonyl (C=O) groups excluding carboxylic acids is 1. The molecule has 0 unspecified atom stereocenters. The van der Waals surface area contributed by atoms with Crippen molar-refractivity contribution >= 4 is 29.4 Å². The van der Waals surface area contributed by atoms with E-state index in [1.807, 2.05) is 24.5 Å². The van der Waals surface area contributed by atoms with Crippen LogP contribution in [-0.4, -0.2) is 55.1 Å². The van der Waals surface area contributed by atoms with Crippen molar-refractivity contribution < 1.29 is 19.4 Å². The summed E-state index contributed by atoms with van der Waals surface area (Å²) in [7, 11) is 1.50. The zero-order valence-corrected chi connectivity index (χ0v) is 12.3. The second kappa shape index (κ2) is 8.44. The van der Waals surface area contributed by atoms with Crippen LogP contribution in [0.1, 0.15) is 0 Å². The molecule has 6 nitrogen and oxygen atoms in total. The number of nitrogens with one attached hydrogen (secondary N) is 1. The predicted molar refractivity (Wildman–Crippen MR) is 78.3 cm³/mol. The molecule has 0 aliphatic carbocycles. The van der Waals surface area contributed by atoms with E-state index in [4.69, 9.17) is 9.84 Å². The predicted octanol–water partition coefficient (Wildman–Crippen LogP) is 1.97. The molecule has 1 aromatic rings. The zero-order valence-electron chi connectivity index (χ0n) is 11.5. The van der Waals surface area contributed by atoms with Gasteiger partial charge >= 0.3 is 12.0 Å². The smallest absolute Gasteiger partial charge is 0.323 e. The Labute approximate surface area is 122 Å². The third kappa shape index (κ3) is 5.10. The number of carbonyl (C=O) groups is 2. The first-order chi connectivity index (χ1) is 9.58. The van der Waals surface area contributed by atoms with Crippen LogP contribution in [0.5, 0.6) is 0 Å². The summed E-state index contributed by atoms with van der Waals surface area (Å²) in [6.07, 6.45) is 1.91. The summed E-state index contributed by atoms with van der Waals surface area (Å²) in [6, 6.07) is 6.90. The van der Waals surface area contributed by atoms with E-state index >= 15 is 0 Å². The number of rotatable bonds is 7. The van der Waals surface area contributed by atoms with Gasteiger partial charge in [0.25, 0.3) is 0 Å². The highest BCUT2D eigenvalue weighted by Gasteiger charge is 2.17. The number of urea groups is 1. The number of aliphatic carboxylic acids is 1. The molecule has 0 saturated heterocycles. The minimum absolute atomic E-state index is 0.218. The number of anilines is 1. The van der Waals surface area contributed by atoms with Gasteiger partial charge in [0.15, 0.2) is 0 Å². The molecule has 7 heteroatoms. The SMILES string of the molecule is COCCN(CC(=O)O)C(=O)Nc1ccccc1SC. The van der Waals surface area contributed by atoms with Crippen molar-refractivity contribution in [2.45, 2.75) is 4.90 Å². The highest BCUT2D eigenvalue weighted by molar-refractivity contribution is 7.98. The number of carboxylic acids is 1. The van der Waals surface area contributed by atoms with E-state index in [1.54, 1.807) is 6.07 Å². The topological polar surface area (TPSA) is 78.9 Å². The van der Waals surface area contributed by atoms with Crippen LogP contribution in [0.4, 0.5) is 10.5 Å². The monoisotopic (exact) mass is 298 g/mol. The van der Waals surface area contributed by atoms with E-state index in [-0.39, 0.29) is 19.7 Å². The van der Waals surface area contributed by atoms with Crippen molar-refractivity contribution in [1.29, 1.82) is 0 Å². The fourth-order valence-electron chi connectivity index (χ4n) is 1.56. The molecule has 0 aliphatic heterocycles. The van der Waals surface area contributed by atoms with E-state index < -0.39 is 12.0 Å². The van der Waals surface area contributed by atoms with Crippen molar-refractivity contribution in [3.8, 4) is 0 Å². The molecule has 0 aliphatic rings. The molecule has 0 aromatic heterocycles. The molecule has 0 heterocycles. The molecule has 110 valence electrons. The normalized spacial score (nSPS) is 10.1. The Hall–Kier alpha value is -1.73. The second-order valence-corrected chi connectivity index (χ2v) is 4.79. The molecular weight excluding hydrogens is 280 g/mol. The van der Waals surface area contributed by atoms with Crippen LogP contribution in [0, 0.1) is 0 Å². The standard InChI is InChI=1S/C13H18N2O4S/c1-19-8-7-15(9-12(16)17)13(18)14-10-5-3-4-6-11(10)20-2/h3-6H,7-9H2,1-2H3,(H,14,18)(H,16,17). The summed E-state index contributed by atoms with van der Waals surface area (Å²) in [6.45, 7) is 0.136. The number of carboxylic acid groups (broad SMARTS) is 1. The molecule has 0 fully saturated rings. The van der Waals surface area contributed by atoms with E-state index in [9.17, 15) is 9.59 Å². The Morgan fingerprint density at radius 3 is 2.70 bits per heavy atom. The van der Waals surface area contributed by atoms with Crippen LogP contribution in [-0.2, 0) is 9.53 Å². The Kier molecular flexibility index (Phi) is 6.89. The number of amides is 2. The van der Waals surface area contributed by atoms with E-state index in [1.165, 1.54) is 23.8 Å². The first-order valence-electron chi connectivity index (χ1n) is 5.98. The molecular formula is C13H18N2O4S. The van der Waals surface area contributed by atoms with Crippen molar-refractivity contribution in [1.82, 2.24) is 4.90 Å². The Bertz CT molecular complexity index is 467. The molecule has 0 bridgehead atoms. The second-order valence-electron chi connectivity index (χ2n) is 3.94. The van der Waals surface area contributed by atoms with Gasteiger partial charge in [0.2, 0.25) is 0 Å². The molecule has 0 saturated carbocycles. The summed E-state index contributed by atoms with van der Waals surface area (Å²) in [5, 5.41) is 11.6. The van der Waals surface area contributed by atoms with Gasteiger partial charge < -0.3 is 20.1 Å². The first-order valence-corrected chi connectivity index (χ1v) is 7.20. The van der Waals surface area contributed by atoms with Crippen molar-refractivity contribution in [3.05, 3.63) is 24.3 Å². The number of para-hydroxylation sites is 1. The maximum absolute atomic E-state index is 12.1. The van der Waals surface area contributed by atoms with Gasteiger partial charge in [-0.25, -0.2) is 4.79 Å². The van der Waals surface area contributed by atoms with Gasteiger partial charge in [-0.1, -0.05) is 12.1 Å². The lowest BCUT2D eigenvalue weighted by Crippen LogP contribution is -2.40. The lowest BCUT2D eigenvalue weighted by atomic mass is 10.3. The van der Waals surface area contributed by atoms with Gasteiger partial charge in [-0.15, -0.1) is 11.8 Å². The number of benzene rings is 1. The van der Waals surface area contributed by atoms with Crippen LogP contribution < -0.4 is 5.32 Å². The number of nitrogens with zero attached hydrogens (tertiary/aromatic N) is 1. The Balaban J connectivity index is 2.76. The molecule has 0 spiro atoms. The fraction of sp³-hybridized carbons (Fsp3) is 0.385. The average Bonchev–Trinajstić information content (AvgIpc) is 2.43. The molecule has 1 aromatic carbocycles. The minimum atomic E-state index is -1.06. The minimum Gasteiger partial charge on any atom is -0.480 e.